The molecule has 1 aromatic carbocycles. The highest BCUT2D eigenvalue weighted by Crippen LogP contribution is 2.50. The van der Waals surface area contributed by atoms with Crippen molar-refractivity contribution in [2.45, 2.75) is 56.9 Å². The highest BCUT2D eigenvalue weighted by Gasteiger charge is 2.49. The number of furan rings is 1. The van der Waals surface area contributed by atoms with Gasteiger partial charge in [0.05, 0.1) is 6.26 Å². The smallest absolute Gasteiger partial charge is 0.246 e. The number of aryl methyl sites for hydroxylation is 1. The van der Waals surface area contributed by atoms with Crippen LogP contribution in [0.1, 0.15) is 55.4 Å². The molecule has 1 amide bonds. The van der Waals surface area contributed by atoms with Crippen molar-refractivity contribution >= 4 is 12.0 Å². The Kier molecular flexibility index (Phi) is 6.09. The average molecular weight is 449 g/mol. The number of nitrogens with zero attached hydrogens (tertiary/aromatic N) is 2. The number of hydrogen-bond donors (Lipinski definition) is 1. The van der Waals surface area contributed by atoms with Crippen LogP contribution < -0.4 is 0 Å². The van der Waals surface area contributed by atoms with Crippen LogP contribution in [0.25, 0.3) is 6.08 Å². The number of rotatable bonds is 6. The van der Waals surface area contributed by atoms with Crippen molar-refractivity contribution in [2.24, 2.45) is 11.8 Å². The number of aromatic hydroxyl groups is 1. The molecule has 5 rings (SSSR count). The summed E-state index contributed by atoms with van der Waals surface area (Å²) in [6.45, 7) is 5.39. The second-order valence-corrected chi connectivity index (χ2v) is 10.5. The van der Waals surface area contributed by atoms with Gasteiger partial charge in [0.15, 0.2) is 0 Å². The second kappa shape index (κ2) is 9.02. The van der Waals surface area contributed by atoms with E-state index in [1.54, 1.807) is 18.4 Å². The third-order valence-electron chi connectivity index (χ3n) is 8.42. The van der Waals surface area contributed by atoms with Crippen molar-refractivity contribution in [3.63, 3.8) is 0 Å². The summed E-state index contributed by atoms with van der Waals surface area (Å²) in [7, 11) is 1.94. The molecular formula is C28H36N2O3. The first-order valence-electron chi connectivity index (χ1n) is 12.5. The summed E-state index contributed by atoms with van der Waals surface area (Å²) >= 11 is 0. The highest BCUT2D eigenvalue weighted by molar-refractivity contribution is 5.92. The largest absolute Gasteiger partial charge is 0.508 e. The van der Waals surface area contributed by atoms with E-state index in [2.05, 4.69) is 11.0 Å². The maximum absolute atomic E-state index is 13.0. The summed E-state index contributed by atoms with van der Waals surface area (Å²) < 4.78 is 5.34. The molecule has 2 saturated carbocycles. The van der Waals surface area contributed by atoms with E-state index in [4.69, 9.17) is 4.42 Å². The van der Waals surface area contributed by atoms with E-state index in [9.17, 15) is 9.90 Å². The van der Waals surface area contributed by atoms with Crippen LogP contribution in [0.4, 0.5) is 0 Å². The van der Waals surface area contributed by atoms with Crippen molar-refractivity contribution in [3.8, 4) is 5.75 Å². The molecule has 2 heterocycles. The van der Waals surface area contributed by atoms with Gasteiger partial charge in [0, 0.05) is 43.2 Å². The lowest BCUT2D eigenvalue weighted by Gasteiger charge is -2.54. The maximum atomic E-state index is 13.0. The van der Waals surface area contributed by atoms with Gasteiger partial charge in [0.25, 0.3) is 0 Å². The molecule has 2 aliphatic carbocycles. The molecule has 0 bridgehead atoms. The van der Waals surface area contributed by atoms with Crippen LogP contribution in [0, 0.1) is 18.8 Å². The van der Waals surface area contributed by atoms with Gasteiger partial charge in [-0.25, -0.2) is 0 Å². The molecule has 1 saturated heterocycles. The number of carbonyl (C=O) groups is 1. The van der Waals surface area contributed by atoms with E-state index < -0.39 is 0 Å². The fraction of sp³-hybridized carbons (Fsp3) is 0.536. The molecule has 1 aromatic heterocycles. The Labute approximate surface area is 197 Å². The monoisotopic (exact) mass is 448 g/mol. The molecule has 3 atom stereocenters. The third kappa shape index (κ3) is 4.61. The minimum atomic E-state index is 0.0150. The lowest BCUT2D eigenvalue weighted by Crippen LogP contribution is -2.56. The van der Waals surface area contributed by atoms with Gasteiger partial charge < -0.3 is 19.3 Å². The first kappa shape index (κ1) is 22.3. The lowest BCUT2D eigenvalue weighted by atomic mass is 9.57. The summed E-state index contributed by atoms with van der Waals surface area (Å²) in [5.41, 5.74) is 2.20. The molecule has 0 unspecified atom stereocenters. The van der Waals surface area contributed by atoms with Gasteiger partial charge in [-0.05, 0) is 93.7 Å². The molecule has 33 heavy (non-hydrogen) atoms. The predicted molar refractivity (Wildman–Crippen MR) is 130 cm³/mol. The van der Waals surface area contributed by atoms with E-state index in [0.29, 0.717) is 11.7 Å². The Morgan fingerprint density at radius 2 is 2.12 bits per heavy atom. The van der Waals surface area contributed by atoms with E-state index in [0.717, 1.165) is 56.0 Å². The quantitative estimate of drug-likeness (QED) is 0.633. The van der Waals surface area contributed by atoms with Gasteiger partial charge >= 0.3 is 0 Å². The number of fused-ring (bicyclic) bond motifs is 1. The summed E-state index contributed by atoms with van der Waals surface area (Å²) in [5.74, 6) is 2.67. The van der Waals surface area contributed by atoms with E-state index in [1.807, 2.05) is 43.1 Å². The van der Waals surface area contributed by atoms with Gasteiger partial charge in [0.1, 0.15) is 11.5 Å². The standard InChI is InChI=1S/C28H36N2O3/c1-20-22(12-15-33-20)8-11-27(32)29(2)25-10-9-24-19-30(18-21-6-7-21)14-13-28(24,17-25)23-4-3-5-26(31)16-23/h3-5,8,11-12,15-16,21,24-25,31H,6-7,9-10,13-14,17-19H2,1-2H3/b11-8+/t24-,25+,28+/m1/s1. The molecule has 3 aliphatic rings. The number of likely N-dealkylation sites (N-methyl/N-ethyl adjacent to an activating group) is 1. The van der Waals surface area contributed by atoms with Crippen LogP contribution in [-0.4, -0.2) is 53.5 Å². The van der Waals surface area contributed by atoms with Crippen LogP contribution >= 0.6 is 0 Å². The number of phenolic OH excluding ortho intramolecular Hbond substituents is 1. The Balaban J connectivity index is 1.35. The molecule has 1 N–H and O–H groups in total. The Hall–Kier alpha value is -2.53. The van der Waals surface area contributed by atoms with Crippen molar-refractivity contribution < 1.29 is 14.3 Å². The number of hydrogen-bond acceptors (Lipinski definition) is 4. The zero-order valence-electron chi connectivity index (χ0n) is 19.9. The molecule has 0 spiro atoms. The number of benzene rings is 1. The molecule has 5 heteroatoms. The minimum Gasteiger partial charge on any atom is -0.508 e. The van der Waals surface area contributed by atoms with E-state index in [-0.39, 0.29) is 17.4 Å². The van der Waals surface area contributed by atoms with Gasteiger partial charge in [-0.15, -0.1) is 0 Å². The first-order valence-corrected chi connectivity index (χ1v) is 12.5. The zero-order valence-corrected chi connectivity index (χ0v) is 19.9. The van der Waals surface area contributed by atoms with Crippen molar-refractivity contribution in [1.82, 2.24) is 9.80 Å². The summed E-state index contributed by atoms with van der Waals surface area (Å²) in [4.78, 5) is 17.7. The molecule has 176 valence electrons. The number of amides is 1. The Bertz CT molecular complexity index is 1020. The van der Waals surface area contributed by atoms with Crippen LogP contribution in [0.3, 0.4) is 0 Å². The van der Waals surface area contributed by atoms with Crippen LogP contribution in [-0.2, 0) is 10.2 Å². The number of phenols is 1. The summed E-state index contributed by atoms with van der Waals surface area (Å²) in [6, 6.07) is 9.97. The van der Waals surface area contributed by atoms with Crippen LogP contribution in [0.2, 0.25) is 0 Å². The van der Waals surface area contributed by atoms with Gasteiger partial charge in [-0.2, -0.15) is 0 Å². The minimum absolute atomic E-state index is 0.0150. The third-order valence-corrected chi connectivity index (χ3v) is 8.42. The average Bonchev–Trinajstić information content (AvgIpc) is 3.54. The van der Waals surface area contributed by atoms with Crippen molar-refractivity contribution in [2.75, 3.05) is 26.7 Å². The molecule has 0 radical (unpaired) electrons. The Morgan fingerprint density at radius 1 is 1.27 bits per heavy atom. The fourth-order valence-electron chi connectivity index (χ4n) is 6.19. The summed E-state index contributed by atoms with van der Waals surface area (Å²) in [5, 5.41) is 10.3. The van der Waals surface area contributed by atoms with Crippen LogP contribution in [0.5, 0.6) is 5.75 Å². The van der Waals surface area contributed by atoms with Gasteiger partial charge in [-0.3, -0.25) is 4.79 Å². The normalized spacial score (nSPS) is 28.1. The second-order valence-electron chi connectivity index (χ2n) is 10.5. The highest BCUT2D eigenvalue weighted by atomic mass is 16.3. The van der Waals surface area contributed by atoms with E-state index in [1.165, 1.54) is 24.9 Å². The zero-order chi connectivity index (χ0) is 23.0. The molecular weight excluding hydrogens is 412 g/mol. The SMILES string of the molecule is Cc1occc1/C=C/C(=O)N(C)[C@H]1CC[C@@H]2CN(CC3CC3)CC[C@@]2(c2cccc(O)c2)C1. The maximum Gasteiger partial charge on any atom is 0.246 e. The fourth-order valence-corrected chi connectivity index (χ4v) is 6.19. The molecule has 3 fully saturated rings. The van der Waals surface area contributed by atoms with Gasteiger partial charge in [0.2, 0.25) is 5.91 Å². The number of likely N-dealkylation sites (tertiary alicyclic amines) is 1. The molecule has 2 aromatic rings. The predicted octanol–water partition coefficient (Wildman–Crippen LogP) is 4.99. The van der Waals surface area contributed by atoms with Gasteiger partial charge in [-0.1, -0.05) is 12.1 Å². The topological polar surface area (TPSA) is 56.9 Å². The summed E-state index contributed by atoms with van der Waals surface area (Å²) in [6.07, 6.45) is 12.1. The first-order chi connectivity index (χ1) is 15.9. The van der Waals surface area contributed by atoms with Crippen molar-refractivity contribution in [3.05, 3.63) is 59.6 Å². The van der Waals surface area contributed by atoms with Crippen LogP contribution in [0.15, 0.2) is 47.1 Å². The van der Waals surface area contributed by atoms with Crippen molar-refractivity contribution in [1.29, 1.82) is 0 Å². The Morgan fingerprint density at radius 3 is 2.85 bits per heavy atom. The van der Waals surface area contributed by atoms with E-state index >= 15 is 0 Å². The molecule has 5 nitrogen and oxygen atoms in total. The molecule has 1 aliphatic heterocycles. The number of piperidine rings is 1. The lowest BCUT2D eigenvalue weighted by molar-refractivity contribution is -0.128. The number of carbonyl (C=O) groups excluding carboxylic acids is 1.